The predicted molar refractivity (Wildman–Crippen MR) is 39.7 cm³/mol. The molecule has 0 heterocycles. The fourth-order valence-electron chi connectivity index (χ4n) is 0.360. The Labute approximate surface area is 77.7 Å². The van der Waals surface area contributed by atoms with Gasteiger partial charge in [-0.3, -0.25) is 0 Å². The monoisotopic (exact) mass is 241 g/mol. The maximum absolute atomic E-state index is 11.6. The fraction of sp³-hybridized carbons (Fsp3) is 1.00. The molecule has 0 bridgehead atoms. The molecule has 0 aliphatic rings. The van der Waals surface area contributed by atoms with Crippen LogP contribution in [0.3, 0.4) is 0 Å². The Kier molecular flexibility index (Phi) is 4.43. The summed E-state index contributed by atoms with van der Waals surface area (Å²) in [5, 5.41) is 7.50. The molecule has 1 atom stereocenters. The lowest BCUT2D eigenvalue weighted by atomic mass is 10.4. The third-order valence-electron chi connectivity index (χ3n) is 1.02. The van der Waals surface area contributed by atoms with Crippen LogP contribution in [0.15, 0.2) is 0 Å². The van der Waals surface area contributed by atoms with Crippen molar-refractivity contribution in [2.24, 2.45) is 0 Å². The van der Waals surface area contributed by atoms with E-state index < -0.39 is 34.1 Å². The summed E-state index contributed by atoms with van der Waals surface area (Å²) < 4.78 is 57.3. The number of hydrogen-bond donors (Lipinski definition) is 2. The molecule has 4 nitrogen and oxygen atoms in total. The zero-order chi connectivity index (χ0) is 10.7. The molecule has 0 amide bonds. The minimum absolute atomic E-state index is 0.850. The third-order valence-corrected chi connectivity index (χ3v) is 2.77. The molecular weight excluding hydrogens is 235 g/mol. The second kappa shape index (κ2) is 4.45. The van der Waals surface area contributed by atoms with E-state index in [0.717, 1.165) is 0 Å². The molecule has 0 spiro atoms. The number of sulfonamides is 1. The molecule has 9 heteroatoms. The number of aliphatic hydroxyl groups excluding tert-OH is 1. The Bertz CT molecular complexity index is 252. The Balaban J connectivity index is 4.05. The van der Waals surface area contributed by atoms with Crippen LogP contribution < -0.4 is 4.72 Å². The van der Waals surface area contributed by atoms with Crippen LogP contribution >= 0.6 is 11.6 Å². The summed E-state index contributed by atoms with van der Waals surface area (Å²) in [6, 6.07) is 0. The summed E-state index contributed by atoms with van der Waals surface area (Å²) in [4.78, 5) is 0. The van der Waals surface area contributed by atoms with Crippen molar-refractivity contribution in [2.75, 3.05) is 11.8 Å². The molecule has 0 fully saturated rings. The van der Waals surface area contributed by atoms with Crippen LogP contribution in [0, 0.1) is 0 Å². The Hall–Kier alpha value is -0.0500. The summed E-state index contributed by atoms with van der Waals surface area (Å²) >= 11 is 4.88. The van der Waals surface area contributed by atoms with Gasteiger partial charge in [0.25, 0.3) is 0 Å². The molecule has 0 saturated carbocycles. The van der Waals surface area contributed by atoms with Gasteiger partial charge in [0.1, 0.15) is 5.21 Å². The van der Waals surface area contributed by atoms with Crippen LogP contribution in [0.4, 0.5) is 13.2 Å². The van der Waals surface area contributed by atoms with Gasteiger partial charge in [0.05, 0.1) is 0 Å². The maximum Gasteiger partial charge on any atom is 0.415 e. The van der Waals surface area contributed by atoms with E-state index in [2.05, 4.69) is 0 Å². The van der Waals surface area contributed by atoms with E-state index >= 15 is 0 Å². The maximum atomic E-state index is 11.6. The third kappa shape index (κ3) is 5.29. The van der Waals surface area contributed by atoms with Gasteiger partial charge in [0.15, 0.2) is 6.10 Å². The average molecular weight is 242 g/mol. The lowest BCUT2D eigenvalue weighted by Crippen LogP contribution is -2.40. The van der Waals surface area contributed by atoms with Crippen LogP contribution in [0.25, 0.3) is 0 Å². The average Bonchev–Trinajstić information content (AvgIpc) is 1.98. The van der Waals surface area contributed by atoms with Crippen molar-refractivity contribution in [3.05, 3.63) is 0 Å². The van der Waals surface area contributed by atoms with E-state index in [9.17, 15) is 21.6 Å². The van der Waals surface area contributed by atoms with Crippen molar-refractivity contribution in [2.45, 2.75) is 12.3 Å². The van der Waals surface area contributed by atoms with E-state index in [-0.39, 0.29) is 0 Å². The first-order valence-corrected chi connectivity index (χ1v) is 5.16. The molecule has 0 radical (unpaired) electrons. The molecule has 13 heavy (non-hydrogen) atoms. The molecule has 1 unspecified atom stereocenters. The van der Waals surface area contributed by atoms with E-state index in [1.165, 1.54) is 4.72 Å². The Morgan fingerprint density at radius 3 is 2.23 bits per heavy atom. The zero-order valence-electron chi connectivity index (χ0n) is 6.18. The topological polar surface area (TPSA) is 66.4 Å². The summed E-state index contributed by atoms with van der Waals surface area (Å²) in [5.41, 5.74) is 0. The van der Waals surface area contributed by atoms with Crippen LogP contribution in [0.5, 0.6) is 0 Å². The largest absolute Gasteiger partial charge is 0.415 e. The van der Waals surface area contributed by atoms with Gasteiger partial charge < -0.3 is 5.11 Å². The number of alkyl halides is 4. The van der Waals surface area contributed by atoms with Crippen molar-refractivity contribution < 1.29 is 26.7 Å². The number of rotatable bonds is 4. The number of halogens is 4. The van der Waals surface area contributed by atoms with Crippen LogP contribution in [-0.2, 0) is 10.0 Å². The molecule has 0 aromatic rings. The van der Waals surface area contributed by atoms with Gasteiger partial charge in [-0.2, -0.15) is 13.2 Å². The molecule has 0 aromatic heterocycles. The first-order valence-electron chi connectivity index (χ1n) is 2.97. The first kappa shape index (κ1) is 12.9. The van der Waals surface area contributed by atoms with Crippen molar-refractivity contribution >= 4 is 21.6 Å². The summed E-state index contributed by atoms with van der Waals surface area (Å²) in [6.07, 6.45) is -7.56. The van der Waals surface area contributed by atoms with Crippen molar-refractivity contribution in [1.29, 1.82) is 0 Å². The summed E-state index contributed by atoms with van der Waals surface area (Å²) in [5.74, 6) is 0. The molecule has 0 aromatic carbocycles. The van der Waals surface area contributed by atoms with Gasteiger partial charge in [0.2, 0.25) is 10.0 Å². The quantitative estimate of drug-likeness (QED) is 0.683. The van der Waals surface area contributed by atoms with Crippen LogP contribution in [0.1, 0.15) is 0 Å². The molecular formula is C4H7ClF3NO3S. The highest BCUT2D eigenvalue weighted by atomic mass is 35.5. The normalized spacial score (nSPS) is 15.8. The number of hydrogen-bond acceptors (Lipinski definition) is 3. The SMILES string of the molecule is O=S(=O)(CCl)NCC(O)C(F)(F)F. The van der Waals surface area contributed by atoms with Crippen molar-refractivity contribution in [3.63, 3.8) is 0 Å². The standard InChI is InChI=1S/C4H7ClF3NO3S/c5-2-13(11,12)9-1-3(10)4(6,7)8/h3,9-10H,1-2H2. The Morgan fingerprint density at radius 1 is 1.46 bits per heavy atom. The van der Waals surface area contributed by atoms with E-state index in [1.807, 2.05) is 0 Å². The highest BCUT2D eigenvalue weighted by molar-refractivity contribution is 7.90. The van der Waals surface area contributed by atoms with Gasteiger partial charge in [-0.25, -0.2) is 13.1 Å². The molecule has 80 valence electrons. The fourth-order valence-corrected chi connectivity index (χ4v) is 1.08. The number of nitrogens with one attached hydrogen (secondary N) is 1. The second-order valence-electron chi connectivity index (χ2n) is 2.13. The van der Waals surface area contributed by atoms with E-state index in [4.69, 9.17) is 16.7 Å². The minimum atomic E-state index is -4.84. The number of aliphatic hydroxyl groups is 1. The Morgan fingerprint density at radius 2 is 1.92 bits per heavy atom. The zero-order valence-corrected chi connectivity index (χ0v) is 7.75. The highest BCUT2D eigenvalue weighted by Crippen LogP contribution is 2.19. The molecule has 2 N–H and O–H groups in total. The lowest BCUT2D eigenvalue weighted by molar-refractivity contribution is -0.200. The highest BCUT2D eigenvalue weighted by Gasteiger charge is 2.38. The van der Waals surface area contributed by atoms with Gasteiger partial charge in [-0.15, -0.1) is 11.6 Å². The van der Waals surface area contributed by atoms with Gasteiger partial charge in [0, 0.05) is 6.54 Å². The van der Waals surface area contributed by atoms with Gasteiger partial charge in [-0.05, 0) is 0 Å². The minimum Gasteiger partial charge on any atom is -0.382 e. The molecule has 0 rings (SSSR count). The first-order chi connectivity index (χ1) is 5.69. The van der Waals surface area contributed by atoms with Crippen molar-refractivity contribution in [1.82, 2.24) is 4.72 Å². The smallest absolute Gasteiger partial charge is 0.382 e. The van der Waals surface area contributed by atoms with E-state index in [1.54, 1.807) is 0 Å². The van der Waals surface area contributed by atoms with Crippen LogP contribution in [-0.4, -0.2) is 37.6 Å². The van der Waals surface area contributed by atoms with E-state index in [0.29, 0.717) is 0 Å². The second-order valence-corrected chi connectivity index (χ2v) is 4.52. The molecule has 0 aliphatic carbocycles. The van der Waals surface area contributed by atoms with Gasteiger partial charge >= 0.3 is 6.18 Å². The molecule has 0 saturated heterocycles. The van der Waals surface area contributed by atoms with Crippen molar-refractivity contribution in [3.8, 4) is 0 Å². The lowest BCUT2D eigenvalue weighted by Gasteiger charge is -2.14. The molecule has 0 aliphatic heterocycles. The van der Waals surface area contributed by atoms with Crippen LogP contribution in [0.2, 0.25) is 0 Å². The predicted octanol–water partition coefficient (Wildman–Crippen LogP) is 0.0253. The summed E-state index contributed by atoms with van der Waals surface area (Å²) in [6.45, 7) is -1.13. The summed E-state index contributed by atoms with van der Waals surface area (Å²) in [7, 11) is -3.92. The van der Waals surface area contributed by atoms with Gasteiger partial charge in [-0.1, -0.05) is 0 Å².